The highest BCUT2D eigenvalue weighted by Crippen LogP contribution is 2.42. The summed E-state index contributed by atoms with van der Waals surface area (Å²) in [6.07, 6.45) is 1.64. The molecular formula is C12H13F2N3O2. The van der Waals surface area contributed by atoms with Crippen LogP contribution in [-0.4, -0.2) is 17.0 Å². The fourth-order valence-electron chi connectivity index (χ4n) is 2.10. The van der Waals surface area contributed by atoms with E-state index in [4.69, 9.17) is 10.9 Å². The normalized spacial score (nSPS) is 17.7. The number of carbonyl (C=O) groups is 1. The summed E-state index contributed by atoms with van der Waals surface area (Å²) in [5.74, 6) is -2.30. The quantitative estimate of drug-likeness (QED) is 0.338. The topological polar surface area (TPSA) is 87.7 Å². The lowest BCUT2D eigenvalue weighted by Crippen LogP contribution is -2.51. The van der Waals surface area contributed by atoms with Crippen LogP contribution in [0, 0.1) is 17.0 Å². The fourth-order valence-corrected chi connectivity index (χ4v) is 2.10. The van der Waals surface area contributed by atoms with E-state index in [0.717, 1.165) is 18.6 Å². The molecule has 1 fully saturated rings. The van der Waals surface area contributed by atoms with Crippen LogP contribution in [0.25, 0.3) is 0 Å². The van der Waals surface area contributed by atoms with Gasteiger partial charge in [-0.3, -0.25) is 4.79 Å². The zero-order valence-electron chi connectivity index (χ0n) is 9.99. The number of benzene rings is 1. The predicted octanol–water partition coefficient (Wildman–Crippen LogP) is 1.82. The average Bonchev–Trinajstić information content (AvgIpc) is 2.25. The van der Waals surface area contributed by atoms with Gasteiger partial charge in [-0.05, 0) is 25.0 Å². The van der Waals surface area contributed by atoms with Crippen LogP contribution in [0.2, 0.25) is 0 Å². The minimum absolute atomic E-state index is 0.000449. The van der Waals surface area contributed by atoms with Gasteiger partial charge in [-0.25, -0.2) is 8.78 Å². The van der Waals surface area contributed by atoms with Crippen LogP contribution in [0.1, 0.15) is 19.3 Å². The molecule has 0 saturated heterocycles. The van der Waals surface area contributed by atoms with Crippen molar-refractivity contribution in [3.8, 4) is 0 Å². The molecule has 102 valence electrons. The van der Waals surface area contributed by atoms with E-state index < -0.39 is 23.0 Å². The molecule has 5 nitrogen and oxygen atoms in total. The van der Waals surface area contributed by atoms with Gasteiger partial charge in [0.15, 0.2) is 5.84 Å². The number of amides is 1. The smallest absolute Gasteiger partial charge is 0.238 e. The molecule has 4 N–H and O–H groups in total. The number of hydrogen-bond donors (Lipinski definition) is 3. The Morgan fingerprint density at radius 1 is 1.32 bits per heavy atom. The van der Waals surface area contributed by atoms with E-state index in [-0.39, 0.29) is 11.5 Å². The zero-order valence-corrected chi connectivity index (χ0v) is 9.99. The third-order valence-corrected chi connectivity index (χ3v) is 3.36. The van der Waals surface area contributed by atoms with Crippen molar-refractivity contribution in [2.75, 3.05) is 5.32 Å². The molecule has 1 aromatic carbocycles. The first-order chi connectivity index (χ1) is 8.98. The van der Waals surface area contributed by atoms with E-state index in [1.165, 1.54) is 0 Å². The van der Waals surface area contributed by atoms with Crippen LogP contribution in [0.15, 0.2) is 23.4 Å². The molecule has 1 saturated carbocycles. The number of amidine groups is 1. The third kappa shape index (κ3) is 2.35. The minimum Gasteiger partial charge on any atom is -0.409 e. The molecule has 1 aliphatic rings. The highest BCUT2D eigenvalue weighted by Gasteiger charge is 2.48. The average molecular weight is 269 g/mol. The molecule has 0 spiro atoms. The van der Waals surface area contributed by atoms with Crippen molar-refractivity contribution < 1.29 is 18.8 Å². The van der Waals surface area contributed by atoms with Gasteiger partial charge in [0.2, 0.25) is 5.91 Å². The number of oxime groups is 1. The van der Waals surface area contributed by atoms with Gasteiger partial charge >= 0.3 is 0 Å². The molecule has 0 unspecified atom stereocenters. The Morgan fingerprint density at radius 2 is 1.89 bits per heavy atom. The van der Waals surface area contributed by atoms with Crippen molar-refractivity contribution in [1.29, 1.82) is 0 Å². The van der Waals surface area contributed by atoms with Crippen molar-refractivity contribution >= 4 is 17.4 Å². The van der Waals surface area contributed by atoms with E-state index in [1.807, 2.05) is 0 Å². The molecule has 0 aliphatic heterocycles. The predicted molar refractivity (Wildman–Crippen MR) is 64.7 cm³/mol. The van der Waals surface area contributed by atoms with E-state index in [2.05, 4.69) is 10.5 Å². The molecule has 0 aromatic heterocycles. The van der Waals surface area contributed by atoms with Gasteiger partial charge in [-0.2, -0.15) is 0 Å². The number of nitrogens with two attached hydrogens (primary N) is 1. The second-order valence-electron chi connectivity index (χ2n) is 4.53. The largest absolute Gasteiger partial charge is 0.409 e. The summed E-state index contributed by atoms with van der Waals surface area (Å²) in [7, 11) is 0. The Morgan fingerprint density at radius 3 is 2.32 bits per heavy atom. The second-order valence-corrected chi connectivity index (χ2v) is 4.53. The number of carbonyl (C=O) groups excluding carboxylic acids is 1. The summed E-state index contributed by atoms with van der Waals surface area (Å²) >= 11 is 0. The van der Waals surface area contributed by atoms with Gasteiger partial charge in [0, 0.05) is 11.8 Å². The molecule has 7 heteroatoms. The van der Waals surface area contributed by atoms with E-state index >= 15 is 0 Å². The van der Waals surface area contributed by atoms with Crippen LogP contribution in [-0.2, 0) is 4.79 Å². The van der Waals surface area contributed by atoms with Gasteiger partial charge in [-0.15, -0.1) is 0 Å². The van der Waals surface area contributed by atoms with Crippen molar-refractivity contribution in [1.82, 2.24) is 0 Å². The number of rotatable bonds is 3. The number of nitrogens with zero attached hydrogens (tertiary/aromatic N) is 1. The number of nitrogens with one attached hydrogen (secondary N) is 1. The van der Waals surface area contributed by atoms with Crippen molar-refractivity contribution in [3.05, 3.63) is 29.8 Å². The van der Waals surface area contributed by atoms with Crippen LogP contribution in [0.4, 0.5) is 14.5 Å². The monoisotopic (exact) mass is 269 g/mol. The lowest BCUT2D eigenvalue weighted by molar-refractivity contribution is -0.125. The van der Waals surface area contributed by atoms with Crippen LogP contribution >= 0.6 is 0 Å². The molecule has 1 amide bonds. The minimum atomic E-state index is -1.09. The van der Waals surface area contributed by atoms with Gasteiger partial charge in [-0.1, -0.05) is 11.6 Å². The highest BCUT2D eigenvalue weighted by atomic mass is 19.1. The Hall–Kier alpha value is -2.18. The fraction of sp³-hybridized carbons (Fsp3) is 0.333. The molecule has 2 rings (SSSR count). The third-order valence-electron chi connectivity index (χ3n) is 3.36. The molecule has 0 bridgehead atoms. The Kier molecular flexibility index (Phi) is 3.37. The van der Waals surface area contributed by atoms with Crippen LogP contribution in [0.3, 0.4) is 0 Å². The summed E-state index contributed by atoms with van der Waals surface area (Å²) in [6, 6.07) is 2.71. The summed E-state index contributed by atoms with van der Waals surface area (Å²) in [5.41, 5.74) is 4.43. The Labute approximate surface area is 108 Å². The van der Waals surface area contributed by atoms with Gasteiger partial charge in [0.1, 0.15) is 17.0 Å². The van der Waals surface area contributed by atoms with Gasteiger partial charge < -0.3 is 16.3 Å². The molecule has 0 heterocycles. The lowest BCUT2D eigenvalue weighted by atomic mass is 9.67. The van der Waals surface area contributed by atoms with E-state index in [9.17, 15) is 13.6 Å². The molecule has 0 radical (unpaired) electrons. The second kappa shape index (κ2) is 4.83. The summed E-state index contributed by atoms with van der Waals surface area (Å²) < 4.78 is 26.0. The molecular weight excluding hydrogens is 256 g/mol. The van der Waals surface area contributed by atoms with Gasteiger partial charge in [0.25, 0.3) is 0 Å². The van der Waals surface area contributed by atoms with Crippen LogP contribution < -0.4 is 11.1 Å². The molecule has 19 heavy (non-hydrogen) atoms. The first-order valence-electron chi connectivity index (χ1n) is 5.73. The highest BCUT2D eigenvalue weighted by molar-refractivity contribution is 6.12. The summed E-state index contributed by atoms with van der Waals surface area (Å²) in [4.78, 5) is 12.1. The molecule has 1 aliphatic carbocycles. The number of halogens is 2. The standard InChI is InChI=1S/C12H13F2N3O2/c13-7-4-8(14)6-9(5-7)16-11(18)12(2-1-3-12)10(15)17-19/h4-6,19H,1-3H2,(H2,15,17)(H,16,18). The maximum atomic E-state index is 13.0. The van der Waals surface area contributed by atoms with Crippen molar-refractivity contribution in [3.63, 3.8) is 0 Å². The number of hydrogen-bond acceptors (Lipinski definition) is 3. The van der Waals surface area contributed by atoms with Crippen LogP contribution in [0.5, 0.6) is 0 Å². The SMILES string of the molecule is N/C(=N/O)C1(C(=O)Nc2cc(F)cc(F)c2)CCC1. The zero-order chi connectivity index (χ0) is 14.0. The molecule has 0 atom stereocenters. The maximum Gasteiger partial charge on any atom is 0.238 e. The first-order valence-corrected chi connectivity index (χ1v) is 5.73. The van der Waals surface area contributed by atoms with Crippen molar-refractivity contribution in [2.45, 2.75) is 19.3 Å². The van der Waals surface area contributed by atoms with E-state index in [0.29, 0.717) is 18.9 Å². The molecule has 1 aromatic rings. The van der Waals surface area contributed by atoms with E-state index in [1.54, 1.807) is 0 Å². The Bertz CT molecular complexity index is 522. The Balaban J connectivity index is 2.21. The first kappa shape index (κ1) is 13.3. The van der Waals surface area contributed by atoms with Gasteiger partial charge in [0.05, 0.1) is 0 Å². The lowest BCUT2D eigenvalue weighted by Gasteiger charge is -2.38. The summed E-state index contributed by atoms with van der Waals surface area (Å²) in [6.45, 7) is 0. The number of anilines is 1. The summed E-state index contributed by atoms with van der Waals surface area (Å²) in [5, 5.41) is 14.0. The maximum absolute atomic E-state index is 13.0. The van der Waals surface area contributed by atoms with Crippen molar-refractivity contribution in [2.24, 2.45) is 16.3 Å².